The van der Waals surface area contributed by atoms with E-state index >= 15 is 0 Å². The van der Waals surface area contributed by atoms with Crippen molar-refractivity contribution in [3.05, 3.63) is 16.1 Å². The number of rotatable bonds is 7. The third kappa shape index (κ3) is 5.31. The first-order valence-electron chi connectivity index (χ1n) is 6.72. The molecule has 0 aliphatic heterocycles. The Kier molecular flexibility index (Phi) is 6.57. The van der Waals surface area contributed by atoms with E-state index in [2.05, 4.69) is 10.3 Å². The van der Waals surface area contributed by atoms with E-state index in [4.69, 9.17) is 5.11 Å². The number of hydrogen-bond acceptors (Lipinski definition) is 5. The Hall–Kier alpha value is -1.67. The van der Waals surface area contributed by atoms with Gasteiger partial charge in [-0.05, 0) is 27.9 Å². The first-order valence-corrected chi connectivity index (χ1v) is 7.60. The number of thiazole rings is 1. The minimum absolute atomic E-state index is 0.0116. The van der Waals surface area contributed by atoms with E-state index in [0.717, 1.165) is 6.54 Å². The smallest absolute Gasteiger partial charge is 0.355 e. The summed E-state index contributed by atoms with van der Waals surface area (Å²) in [6, 6.07) is -0.0743. The lowest BCUT2D eigenvalue weighted by Crippen LogP contribution is -2.48. The maximum atomic E-state index is 12.2. The molecule has 0 fully saturated rings. The number of hydrogen-bond donors (Lipinski definition) is 2. The van der Waals surface area contributed by atoms with E-state index < -0.39 is 5.97 Å². The van der Waals surface area contributed by atoms with Crippen LogP contribution in [0, 0.1) is 0 Å². The zero-order chi connectivity index (χ0) is 16.0. The van der Waals surface area contributed by atoms with Gasteiger partial charge < -0.3 is 20.2 Å². The molecule has 1 unspecified atom stereocenters. The second-order valence-electron chi connectivity index (χ2n) is 4.99. The third-order valence-corrected chi connectivity index (χ3v) is 3.77. The molecule has 8 heteroatoms. The maximum absolute atomic E-state index is 12.2. The molecule has 0 aliphatic rings. The van der Waals surface area contributed by atoms with Gasteiger partial charge >= 0.3 is 12.0 Å². The van der Waals surface area contributed by atoms with Crippen LogP contribution in [-0.4, -0.2) is 65.1 Å². The molecule has 0 bridgehead atoms. The van der Waals surface area contributed by atoms with Gasteiger partial charge in [0.15, 0.2) is 5.69 Å². The van der Waals surface area contributed by atoms with Crippen LogP contribution in [0.2, 0.25) is 0 Å². The van der Waals surface area contributed by atoms with Crippen molar-refractivity contribution in [2.45, 2.75) is 26.4 Å². The van der Waals surface area contributed by atoms with Crippen LogP contribution in [0.15, 0.2) is 5.38 Å². The van der Waals surface area contributed by atoms with Crippen molar-refractivity contribution in [3.63, 3.8) is 0 Å². The second kappa shape index (κ2) is 7.94. The number of carbonyl (C=O) groups is 2. The molecule has 2 amide bonds. The summed E-state index contributed by atoms with van der Waals surface area (Å²) in [5.41, 5.74) is 0.0116. The number of carboxylic acids is 1. The molecule has 1 heterocycles. The van der Waals surface area contributed by atoms with Gasteiger partial charge in [0, 0.05) is 24.5 Å². The topological polar surface area (TPSA) is 85.8 Å². The average Bonchev–Trinajstić information content (AvgIpc) is 2.85. The molecule has 7 nitrogen and oxygen atoms in total. The summed E-state index contributed by atoms with van der Waals surface area (Å²) in [5.74, 6) is -1.06. The monoisotopic (exact) mass is 314 g/mol. The first-order chi connectivity index (χ1) is 9.85. The summed E-state index contributed by atoms with van der Waals surface area (Å²) >= 11 is 1.22. The maximum Gasteiger partial charge on any atom is 0.355 e. The van der Waals surface area contributed by atoms with Crippen molar-refractivity contribution >= 4 is 23.3 Å². The average molecular weight is 314 g/mol. The normalized spacial score (nSPS) is 12.2. The molecule has 0 radical (unpaired) electrons. The lowest BCUT2D eigenvalue weighted by molar-refractivity contribution is 0.0691. The summed E-state index contributed by atoms with van der Waals surface area (Å²) < 4.78 is 0. The van der Waals surface area contributed by atoms with Crippen LogP contribution in [0.1, 0.15) is 29.3 Å². The van der Waals surface area contributed by atoms with Crippen molar-refractivity contribution in [1.82, 2.24) is 20.1 Å². The standard InChI is InChI=1S/C13H22N4O3S/c1-5-17(9(2)7-16(3)4)13(20)14-6-11-15-10(8-21-11)12(18)19/h8-9H,5-7H2,1-4H3,(H,14,20)(H,18,19). The molecule has 1 aromatic rings. The second-order valence-corrected chi connectivity index (χ2v) is 5.93. The molecule has 0 saturated heterocycles. The zero-order valence-electron chi connectivity index (χ0n) is 12.8. The van der Waals surface area contributed by atoms with Gasteiger partial charge in [-0.25, -0.2) is 14.6 Å². The summed E-state index contributed by atoms with van der Waals surface area (Å²) in [6.07, 6.45) is 0. The number of carbonyl (C=O) groups excluding carboxylic acids is 1. The molecule has 118 valence electrons. The highest BCUT2D eigenvalue weighted by molar-refractivity contribution is 7.09. The van der Waals surface area contributed by atoms with Gasteiger partial charge in [-0.2, -0.15) is 0 Å². The molecular formula is C13H22N4O3S. The Balaban J connectivity index is 2.55. The Morgan fingerprint density at radius 1 is 1.48 bits per heavy atom. The summed E-state index contributed by atoms with van der Waals surface area (Å²) in [7, 11) is 3.93. The van der Waals surface area contributed by atoms with E-state index in [-0.39, 0.29) is 24.3 Å². The first kappa shape index (κ1) is 17.4. The van der Waals surface area contributed by atoms with Gasteiger partial charge in [0.2, 0.25) is 0 Å². The van der Waals surface area contributed by atoms with Crippen LogP contribution in [0.4, 0.5) is 4.79 Å². The van der Waals surface area contributed by atoms with Crippen LogP contribution in [0.3, 0.4) is 0 Å². The van der Waals surface area contributed by atoms with Gasteiger partial charge in [0.1, 0.15) is 5.01 Å². The van der Waals surface area contributed by atoms with Gasteiger partial charge in [-0.3, -0.25) is 0 Å². The fourth-order valence-corrected chi connectivity index (χ4v) is 2.73. The van der Waals surface area contributed by atoms with E-state index in [1.165, 1.54) is 16.7 Å². The molecule has 0 aromatic carbocycles. The molecule has 21 heavy (non-hydrogen) atoms. The SMILES string of the molecule is CCN(C(=O)NCc1nc(C(=O)O)cs1)C(C)CN(C)C. The van der Waals surface area contributed by atoms with Crippen molar-refractivity contribution in [2.75, 3.05) is 27.2 Å². The van der Waals surface area contributed by atoms with Crippen molar-refractivity contribution in [1.29, 1.82) is 0 Å². The number of aromatic nitrogens is 1. The fourth-order valence-electron chi connectivity index (χ4n) is 2.03. The minimum atomic E-state index is -1.06. The van der Waals surface area contributed by atoms with Gasteiger partial charge in [0.25, 0.3) is 0 Å². The Morgan fingerprint density at radius 2 is 2.14 bits per heavy atom. The van der Waals surface area contributed by atoms with Crippen LogP contribution in [0.25, 0.3) is 0 Å². The number of amides is 2. The number of nitrogens with zero attached hydrogens (tertiary/aromatic N) is 3. The van der Waals surface area contributed by atoms with Crippen LogP contribution in [0.5, 0.6) is 0 Å². The predicted octanol–water partition coefficient (Wildman–Crippen LogP) is 1.32. The van der Waals surface area contributed by atoms with Crippen molar-refractivity contribution in [2.24, 2.45) is 0 Å². The van der Waals surface area contributed by atoms with Crippen LogP contribution >= 0.6 is 11.3 Å². The van der Waals surface area contributed by atoms with Gasteiger partial charge in [-0.1, -0.05) is 0 Å². The van der Waals surface area contributed by atoms with Gasteiger partial charge in [0.05, 0.1) is 6.54 Å². The summed E-state index contributed by atoms with van der Waals surface area (Å²) in [6.45, 7) is 5.55. The highest BCUT2D eigenvalue weighted by Gasteiger charge is 2.19. The number of nitrogens with one attached hydrogen (secondary N) is 1. The molecule has 1 aromatic heterocycles. The van der Waals surface area contributed by atoms with Crippen LogP contribution < -0.4 is 5.32 Å². The molecule has 1 rings (SSSR count). The highest BCUT2D eigenvalue weighted by Crippen LogP contribution is 2.10. The number of urea groups is 1. The number of carboxylic acid groups (broad SMARTS) is 1. The molecule has 1 atom stereocenters. The molecule has 0 aliphatic carbocycles. The Bertz CT molecular complexity index is 490. The highest BCUT2D eigenvalue weighted by atomic mass is 32.1. The predicted molar refractivity (Wildman–Crippen MR) is 81.7 cm³/mol. The molecule has 0 spiro atoms. The van der Waals surface area contributed by atoms with E-state index in [1.54, 1.807) is 4.90 Å². The minimum Gasteiger partial charge on any atom is -0.476 e. The van der Waals surface area contributed by atoms with Crippen molar-refractivity contribution < 1.29 is 14.7 Å². The third-order valence-electron chi connectivity index (χ3n) is 2.92. The summed E-state index contributed by atoms with van der Waals surface area (Å²) in [5, 5.41) is 13.6. The largest absolute Gasteiger partial charge is 0.476 e. The Labute approximate surface area is 128 Å². The quantitative estimate of drug-likeness (QED) is 0.793. The van der Waals surface area contributed by atoms with Crippen LogP contribution in [-0.2, 0) is 6.54 Å². The molecular weight excluding hydrogens is 292 g/mol. The van der Waals surface area contributed by atoms with E-state index in [1.807, 2.05) is 32.8 Å². The summed E-state index contributed by atoms with van der Waals surface area (Å²) in [4.78, 5) is 30.6. The number of aromatic carboxylic acids is 1. The lowest BCUT2D eigenvalue weighted by atomic mass is 10.3. The lowest BCUT2D eigenvalue weighted by Gasteiger charge is -2.30. The van der Waals surface area contributed by atoms with E-state index in [9.17, 15) is 9.59 Å². The fraction of sp³-hybridized carbons (Fsp3) is 0.615. The number of likely N-dealkylation sites (N-methyl/N-ethyl adjacent to an activating group) is 2. The van der Waals surface area contributed by atoms with E-state index in [0.29, 0.717) is 11.6 Å². The molecule has 2 N–H and O–H groups in total. The van der Waals surface area contributed by atoms with Crippen molar-refractivity contribution in [3.8, 4) is 0 Å². The Morgan fingerprint density at radius 3 is 2.62 bits per heavy atom. The zero-order valence-corrected chi connectivity index (χ0v) is 13.6. The van der Waals surface area contributed by atoms with Gasteiger partial charge in [-0.15, -0.1) is 11.3 Å². The molecule has 0 saturated carbocycles.